The molecule has 0 fully saturated rings. The van der Waals surface area contributed by atoms with E-state index in [2.05, 4.69) is 10.3 Å². The van der Waals surface area contributed by atoms with E-state index in [-0.39, 0.29) is 5.97 Å². The van der Waals surface area contributed by atoms with E-state index in [1.165, 1.54) is 0 Å². The summed E-state index contributed by atoms with van der Waals surface area (Å²) in [6.45, 7) is 3.04. The lowest BCUT2D eigenvalue weighted by atomic mass is 10.2. The van der Waals surface area contributed by atoms with Gasteiger partial charge >= 0.3 is 5.97 Å². The Hall–Kier alpha value is -0.940. The van der Waals surface area contributed by atoms with E-state index in [1.807, 2.05) is 19.4 Å². The number of carbonyl (C=O) groups excluding carboxylic acids is 1. The Kier molecular flexibility index (Phi) is 5.28. The number of nitrogens with zero attached hydrogens (tertiary/aromatic N) is 1. The Labute approximate surface area is 93.7 Å². The molecule has 1 aromatic heterocycles. The molecule has 0 amide bonds. The summed E-state index contributed by atoms with van der Waals surface area (Å²) in [4.78, 5) is 15.5. The highest BCUT2D eigenvalue weighted by molar-refractivity contribution is 7.09. The normalized spacial score (nSPS) is 10.3. The number of aryl methyl sites for hydroxylation is 1. The van der Waals surface area contributed by atoms with Gasteiger partial charge in [-0.15, -0.1) is 11.3 Å². The number of hydrogen-bond acceptors (Lipinski definition) is 5. The standard InChI is InChI=1S/C10H16N2O2S/c1-3-14-10(13)5-4-8-7-15-9(12-8)6-11-2/h7,11H,3-6H2,1-2H3. The molecule has 4 nitrogen and oxygen atoms in total. The highest BCUT2D eigenvalue weighted by Crippen LogP contribution is 2.11. The minimum Gasteiger partial charge on any atom is -0.466 e. The van der Waals surface area contributed by atoms with Crippen LogP contribution in [0.5, 0.6) is 0 Å². The lowest BCUT2D eigenvalue weighted by Crippen LogP contribution is -2.06. The summed E-state index contributed by atoms with van der Waals surface area (Å²) < 4.78 is 4.84. The number of carbonyl (C=O) groups is 1. The fraction of sp³-hybridized carbons (Fsp3) is 0.600. The first kappa shape index (κ1) is 12.1. The van der Waals surface area contributed by atoms with E-state index in [4.69, 9.17) is 4.74 Å². The monoisotopic (exact) mass is 228 g/mol. The van der Waals surface area contributed by atoms with Gasteiger partial charge in [0.1, 0.15) is 5.01 Å². The molecule has 0 bridgehead atoms. The first-order chi connectivity index (χ1) is 7.26. The predicted octanol–water partition coefficient (Wildman–Crippen LogP) is 1.36. The van der Waals surface area contributed by atoms with Crippen molar-refractivity contribution in [2.75, 3.05) is 13.7 Å². The predicted molar refractivity (Wildman–Crippen MR) is 59.8 cm³/mol. The number of esters is 1. The lowest BCUT2D eigenvalue weighted by molar-refractivity contribution is -0.143. The Bertz CT molecular complexity index is 312. The quantitative estimate of drug-likeness (QED) is 0.747. The minimum absolute atomic E-state index is 0.152. The first-order valence-corrected chi connectivity index (χ1v) is 5.87. The zero-order valence-corrected chi connectivity index (χ0v) is 9.89. The number of ether oxygens (including phenoxy) is 1. The van der Waals surface area contributed by atoms with E-state index >= 15 is 0 Å². The lowest BCUT2D eigenvalue weighted by Gasteiger charge is -1.99. The maximum Gasteiger partial charge on any atom is 0.306 e. The van der Waals surface area contributed by atoms with Gasteiger partial charge in [-0.3, -0.25) is 4.79 Å². The third kappa shape index (κ3) is 4.40. The maximum atomic E-state index is 11.1. The molecule has 1 heterocycles. The van der Waals surface area contributed by atoms with Gasteiger partial charge in [-0.2, -0.15) is 0 Å². The van der Waals surface area contributed by atoms with Crippen molar-refractivity contribution >= 4 is 17.3 Å². The van der Waals surface area contributed by atoms with Gasteiger partial charge < -0.3 is 10.1 Å². The van der Waals surface area contributed by atoms with Crippen LogP contribution < -0.4 is 5.32 Å². The third-order valence-corrected chi connectivity index (χ3v) is 2.72. The molecule has 0 atom stereocenters. The van der Waals surface area contributed by atoms with E-state index in [0.29, 0.717) is 19.4 Å². The van der Waals surface area contributed by atoms with Gasteiger partial charge in [0, 0.05) is 18.3 Å². The van der Waals surface area contributed by atoms with Crippen molar-refractivity contribution in [2.24, 2.45) is 0 Å². The van der Waals surface area contributed by atoms with Crippen LogP contribution in [0.15, 0.2) is 5.38 Å². The molecule has 0 aliphatic heterocycles. The molecule has 5 heteroatoms. The number of nitrogens with one attached hydrogen (secondary N) is 1. The first-order valence-electron chi connectivity index (χ1n) is 4.99. The van der Waals surface area contributed by atoms with E-state index in [1.54, 1.807) is 11.3 Å². The largest absolute Gasteiger partial charge is 0.466 e. The molecule has 0 saturated heterocycles. The van der Waals surface area contributed by atoms with Gasteiger partial charge in [-0.1, -0.05) is 0 Å². The molecule has 0 unspecified atom stereocenters. The zero-order valence-electron chi connectivity index (χ0n) is 9.08. The van der Waals surface area contributed by atoms with Crippen molar-refractivity contribution in [3.63, 3.8) is 0 Å². The summed E-state index contributed by atoms with van der Waals surface area (Å²) in [5, 5.41) is 6.08. The number of rotatable bonds is 6. The Morgan fingerprint density at radius 3 is 3.13 bits per heavy atom. The highest BCUT2D eigenvalue weighted by Gasteiger charge is 2.05. The highest BCUT2D eigenvalue weighted by atomic mass is 32.1. The zero-order chi connectivity index (χ0) is 11.1. The van der Waals surface area contributed by atoms with Crippen molar-refractivity contribution in [3.05, 3.63) is 16.1 Å². The van der Waals surface area contributed by atoms with Crippen molar-refractivity contribution in [1.29, 1.82) is 0 Å². The van der Waals surface area contributed by atoms with Gasteiger partial charge in [0.2, 0.25) is 0 Å². The molecular formula is C10H16N2O2S. The van der Waals surface area contributed by atoms with Crippen molar-refractivity contribution in [3.8, 4) is 0 Å². The van der Waals surface area contributed by atoms with Crippen molar-refractivity contribution in [2.45, 2.75) is 26.3 Å². The number of hydrogen-bond donors (Lipinski definition) is 1. The summed E-state index contributed by atoms with van der Waals surface area (Å²) in [5.41, 5.74) is 0.971. The van der Waals surface area contributed by atoms with Crippen LogP contribution in [0, 0.1) is 0 Å². The van der Waals surface area contributed by atoms with Crippen LogP contribution in [0.25, 0.3) is 0 Å². The average Bonchev–Trinajstić information content (AvgIpc) is 2.64. The molecule has 0 spiro atoms. The second-order valence-corrected chi connectivity index (χ2v) is 4.01. The molecule has 0 radical (unpaired) electrons. The summed E-state index contributed by atoms with van der Waals surface area (Å²) in [6, 6.07) is 0. The van der Waals surface area contributed by atoms with E-state index in [0.717, 1.165) is 17.2 Å². The fourth-order valence-electron chi connectivity index (χ4n) is 1.16. The fourth-order valence-corrected chi connectivity index (χ4v) is 2.00. The second-order valence-electron chi connectivity index (χ2n) is 3.07. The van der Waals surface area contributed by atoms with Crippen LogP contribution in [0.3, 0.4) is 0 Å². The van der Waals surface area contributed by atoms with Crippen LogP contribution in [0.2, 0.25) is 0 Å². The Morgan fingerprint density at radius 1 is 1.67 bits per heavy atom. The van der Waals surface area contributed by atoms with Gasteiger partial charge in [0.25, 0.3) is 0 Å². The number of thiazole rings is 1. The van der Waals surface area contributed by atoms with Gasteiger partial charge in [-0.25, -0.2) is 4.98 Å². The summed E-state index contributed by atoms with van der Waals surface area (Å²) in [6.07, 6.45) is 1.08. The van der Waals surface area contributed by atoms with E-state index < -0.39 is 0 Å². The van der Waals surface area contributed by atoms with E-state index in [9.17, 15) is 4.79 Å². The molecule has 0 aliphatic rings. The Morgan fingerprint density at radius 2 is 2.47 bits per heavy atom. The summed E-state index contributed by atoms with van der Waals surface area (Å²) >= 11 is 1.61. The second kappa shape index (κ2) is 6.53. The molecule has 0 aliphatic carbocycles. The van der Waals surface area contributed by atoms with Gasteiger partial charge in [-0.05, 0) is 14.0 Å². The minimum atomic E-state index is -0.152. The smallest absolute Gasteiger partial charge is 0.306 e. The van der Waals surface area contributed by atoms with Crippen LogP contribution >= 0.6 is 11.3 Å². The maximum absolute atomic E-state index is 11.1. The molecule has 0 aromatic carbocycles. The number of aromatic nitrogens is 1. The molecule has 15 heavy (non-hydrogen) atoms. The molecule has 1 aromatic rings. The van der Waals surface area contributed by atoms with Gasteiger partial charge in [0.05, 0.1) is 18.7 Å². The van der Waals surface area contributed by atoms with Crippen LogP contribution in [0.1, 0.15) is 24.0 Å². The third-order valence-electron chi connectivity index (χ3n) is 1.82. The van der Waals surface area contributed by atoms with Gasteiger partial charge in [0.15, 0.2) is 0 Å². The Balaban J connectivity index is 2.34. The van der Waals surface area contributed by atoms with Crippen molar-refractivity contribution < 1.29 is 9.53 Å². The van der Waals surface area contributed by atoms with Crippen LogP contribution in [0.4, 0.5) is 0 Å². The molecule has 0 saturated carbocycles. The molecule has 1 rings (SSSR count). The van der Waals surface area contributed by atoms with Crippen LogP contribution in [-0.2, 0) is 22.5 Å². The molecule has 84 valence electrons. The van der Waals surface area contributed by atoms with Crippen LogP contribution in [-0.4, -0.2) is 24.6 Å². The topological polar surface area (TPSA) is 51.2 Å². The average molecular weight is 228 g/mol. The SMILES string of the molecule is CCOC(=O)CCc1csc(CNC)n1. The summed E-state index contributed by atoms with van der Waals surface area (Å²) in [7, 11) is 1.89. The molecule has 1 N–H and O–H groups in total. The van der Waals surface area contributed by atoms with Crippen molar-refractivity contribution in [1.82, 2.24) is 10.3 Å². The summed E-state index contributed by atoms with van der Waals surface area (Å²) in [5.74, 6) is -0.152. The molecular weight excluding hydrogens is 212 g/mol.